The molecule has 0 bridgehead atoms. The third-order valence-corrected chi connectivity index (χ3v) is 5.06. The van der Waals surface area contributed by atoms with Crippen molar-refractivity contribution in [2.45, 2.75) is 12.8 Å². The van der Waals surface area contributed by atoms with Crippen molar-refractivity contribution >= 4 is 40.4 Å². The molecule has 0 aliphatic carbocycles. The number of rotatable bonds is 5. The predicted octanol–water partition coefficient (Wildman–Crippen LogP) is 3.11. The Morgan fingerprint density at radius 1 is 1.35 bits per heavy atom. The number of carbonyl (C=O) groups excluding carboxylic acids is 2. The Morgan fingerprint density at radius 2 is 2.22 bits per heavy atom. The minimum Gasteiger partial charge on any atom is -0.355 e. The van der Waals surface area contributed by atoms with Crippen molar-refractivity contribution in [3.63, 3.8) is 0 Å². The van der Waals surface area contributed by atoms with Crippen LogP contribution in [-0.2, 0) is 16.0 Å². The van der Waals surface area contributed by atoms with Crippen LogP contribution in [0.5, 0.6) is 0 Å². The number of hydrogen-bond acceptors (Lipinski definition) is 3. The number of hydrogen-bond donors (Lipinski definition) is 1. The molecule has 2 heterocycles. The van der Waals surface area contributed by atoms with Crippen LogP contribution in [0.3, 0.4) is 0 Å². The van der Waals surface area contributed by atoms with Gasteiger partial charge in [-0.3, -0.25) is 9.59 Å². The molecule has 0 unspecified atom stereocenters. The van der Waals surface area contributed by atoms with Gasteiger partial charge in [-0.1, -0.05) is 23.7 Å². The van der Waals surface area contributed by atoms with Gasteiger partial charge in [0.15, 0.2) is 0 Å². The normalized spacial score (nSPS) is 17.5. The van der Waals surface area contributed by atoms with Gasteiger partial charge in [0.1, 0.15) is 5.92 Å². The highest BCUT2D eigenvalue weighted by Crippen LogP contribution is 2.27. The third-order valence-electron chi connectivity index (χ3n) is 3.89. The number of halogens is 1. The molecule has 3 rings (SSSR count). The summed E-state index contributed by atoms with van der Waals surface area (Å²) in [6.07, 6.45) is 1.33. The molecule has 1 N–H and O–H groups in total. The summed E-state index contributed by atoms with van der Waals surface area (Å²) in [5.41, 5.74) is 0.747. The van der Waals surface area contributed by atoms with Crippen LogP contribution in [-0.4, -0.2) is 24.9 Å². The molecule has 1 aromatic heterocycles. The summed E-state index contributed by atoms with van der Waals surface area (Å²) < 4.78 is 0. The number of carbonyl (C=O) groups is 2. The highest BCUT2D eigenvalue weighted by atomic mass is 35.5. The minimum absolute atomic E-state index is 0.152. The van der Waals surface area contributed by atoms with Gasteiger partial charge in [0.05, 0.1) is 0 Å². The molecule has 2 amide bonds. The molecule has 0 spiro atoms. The number of amides is 2. The molecule has 1 aromatic carbocycles. The fraction of sp³-hybridized carbons (Fsp3) is 0.294. The SMILES string of the molecule is O=C(NCCc1cccs1)[C@H]1CCN(c2cccc(Cl)c2)C1=O. The highest BCUT2D eigenvalue weighted by Gasteiger charge is 2.37. The van der Waals surface area contributed by atoms with Gasteiger partial charge in [-0.25, -0.2) is 0 Å². The van der Waals surface area contributed by atoms with Crippen molar-refractivity contribution in [2.75, 3.05) is 18.0 Å². The summed E-state index contributed by atoms with van der Waals surface area (Å²) in [5, 5.41) is 5.47. The second-order valence-electron chi connectivity index (χ2n) is 5.43. The van der Waals surface area contributed by atoms with Gasteiger partial charge in [-0.15, -0.1) is 11.3 Å². The molecule has 0 radical (unpaired) electrons. The monoisotopic (exact) mass is 348 g/mol. The van der Waals surface area contributed by atoms with Crippen molar-refractivity contribution in [1.82, 2.24) is 5.32 Å². The lowest BCUT2D eigenvalue weighted by Gasteiger charge is -2.17. The van der Waals surface area contributed by atoms with Gasteiger partial charge in [0, 0.05) is 28.7 Å². The van der Waals surface area contributed by atoms with Crippen LogP contribution in [0.25, 0.3) is 0 Å². The molecule has 2 aromatic rings. The molecular weight excluding hydrogens is 332 g/mol. The first-order valence-electron chi connectivity index (χ1n) is 7.52. The fourth-order valence-electron chi connectivity index (χ4n) is 2.71. The van der Waals surface area contributed by atoms with E-state index in [0.717, 1.165) is 12.1 Å². The Kier molecular flexibility index (Phi) is 4.98. The van der Waals surface area contributed by atoms with Gasteiger partial charge in [-0.05, 0) is 42.5 Å². The van der Waals surface area contributed by atoms with Gasteiger partial charge >= 0.3 is 0 Å². The molecule has 120 valence electrons. The summed E-state index contributed by atoms with van der Waals surface area (Å²) in [6.45, 7) is 1.10. The van der Waals surface area contributed by atoms with E-state index in [1.165, 1.54) is 4.88 Å². The van der Waals surface area contributed by atoms with Crippen molar-refractivity contribution in [1.29, 1.82) is 0 Å². The van der Waals surface area contributed by atoms with Crippen LogP contribution in [0.1, 0.15) is 11.3 Å². The molecule has 23 heavy (non-hydrogen) atoms. The molecular formula is C17H17ClN2O2S. The smallest absolute Gasteiger partial charge is 0.239 e. The van der Waals surface area contributed by atoms with Crippen molar-refractivity contribution in [2.24, 2.45) is 5.92 Å². The van der Waals surface area contributed by atoms with E-state index in [2.05, 4.69) is 5.32 Å². The molecule has 1 fully saturated rings. The average Bonchev–Trinajstić information content (AvgIpc) is 3.17. The molecule has 6 heteroatoms. The third kappa shape index (κ3) is 3.74. The first-order valence-corrected chi connectivity index (χ1v) is 8.78. The van der Waals surface area contributed by atoms with Crippen LogP contribution < -0.4 is 10.2 Å². The van der Waals surface area contributed by atoms with E-state index in [4.69, 9.17) is 11.6 Å². The lowest BCUT2D eigenvalue weighted by atomic mass is 10.1. The quantitative estimate of drug-likeness (QED) is 0.844. The second kappa shape index (κ2) is 7.15. The largest absolute Gasteiger partial charge is 0.355 e. The zero-order valence-electron chi connectivity index (χ0n) is 12.5. The molecule has 4 nitrogen and oxygen atoms in total. The maximum atomic E-state index is 12.5. The van der Waals surface area contributed by atoms with Crippen LogP contribution in [0.4, 0.5) is 5.69 Å². The molecule has 1 aliphatic rings. The van der Waals surface area contributed by atoms with Crippen molar-refractivity contribution in [3.05, 3.63) is 51.7 Å². The Labute approximate surface area is 144 Å². The molecule has 1 aliphatic heterocycles. The summed E-state index contributed by atoms with van der Waals surface area (Å²) in [5.74, 6) is -0.936. The van der Waals surface area contributed by atoms with Crippen molar-refractivity contribution in [3.8, 4) is 0 Å². The number of benzene rings is 1. The second-order valence-corrected chi connectivity index (χ2v) is 6.90. The summed E-state index contributed by atoms with van der Waals surface area (Å²) >= 11 is 7.64. The Hall–Kier alpha value is -1.85. The van der Waals surface area contributed by atoms with Crippen LogP contribution in [0, 0.1) is 5.92 Å². The fourth-order valence-corrected chi connectivity index (χ4v) is 3.60. The maximum Gasteiger partial charge on any atom is 0.239 e. The summed E-state index contributed by atoms with van der Waals surface area (Å²) in [4.78, 5) is 27.6. The van der Waals surface area contributed by atoms with E-state index in [1.807, 2.05) is 23.6 Å². The number of nitrogens with one attached hydrogen (secondary N) is 1. The van der Waals surface area contributed by atoms with E-state index in [1.54, 1.807) is 34.4 Å². The zero-order chi connectivity index (χ0) is 16.2. The Balaban J connectivity index is 1.56. The van der Waals surface area contributed by atoms with Crippen molar-refractivity contribution < 1.29 is 9.59 Å². The van der Waals surface area contributed by atoms with E-state index in [9.17, 15) is 9.59 Å². The molecule has 1 saturated heterocycles. The predicted molar refractivity (Wildman–Crippen MR) is 92.9 cm³/mol. The van der Waals surface area contributed by atoms with Gasteiger partial charge < -0.3 is 10.2 Å². The van der Waals surface area contributed by atoms with Crippen LogP contribution in [0.2, 0.25) is 5.02 Å². The van der Waals surface area contributed by atoms with Gasteiger partial charge in [0.2, 0.25) is 11.8 Å². The number of thiophene rings is 1. The molecule has 1 atom stereocenters. The Morgan fingerprint density at radius 3 is 2.96 bits per heavy atom. The van der Waals surface area contributed by atoms with E-state index in [-0.39, 0.29) is 11.8 Å². The maximum absolute atomic E-state index is 12.5. The summed E-state index contributed by atoms with van der Waals surface area (Å²) in [7, 11) is 0. The van der Waals surface area contributed by atoms with Gasteiger partial charge in [-0.2, -0.15) is 0 Å². The number of anilines is 1. The van der Waals surface area contributed by atoms with Gasteiger partial charge in [0.25, 0.3) is 0 Å². The highest BCUT2D eigenvalue weighted by molar-refractivity contribution is 7.09. The molecule has 0 saturated carbocycles. The first kappa shape index (κ1) is 16.0. The topological polar surface area (TPSA) is 49.4 Å². The zero-order valence-corrected chi connectivity index (χ0v) is 14.1. The average molecular weight is 349 g/mol. The Bertz CT molecular complexity index is 702. The van der Waals surface area contributed by atoms with Crippen LogP contribution in [0.15, 0.2) is 41.8 Å². The lowest BCUT2D eigenvalue weighted by molar-refractivity contribution is -0.132. The van der Waals surface area contributed by atoms with E-state index < -0.39 is 5.92 Å². The van der Waals surface area contributed by atoms with E-state index >= 15 is 0 Å². The first-order chi connectivity index (χ1) is 11.1. The van der Waals surface area contributed by atoms with E-state index in [0.29, 0.717) is 24.5 Å². The standard InChI is InChI=1S/C17H17ClN2O2S/c18-12-3-1-4-13(11-12)20-9-7-15(17(20)22)16(21)19-8-6-14-5-2-10-23-14/h1-5,10-11,15H,6-9H2,(H,19,21)/t15-/m1/s1. The van der Waals surface area contributed by atoms with Crippen LogP contribution >= 0.6 is 22.9 Å². The summed E-state index contributed by atoms with van der Waals surface area (Å²) in [6, 6.07) is 11.2. The lowest BCUT2D eigenvalue weighted by Crippen LogP contribution is -2.37. The number of nitrogens with zero attached hydrogens (tertiary/aromatic N) is 1. The minimum atomic E-state index is -0.600.